The fourth-order valence-corrected chi connectivity index (χ4v) is 2.09. The fourth-order valence-electron chi connectivity index (χ4n) is 2.09. The van der Waals surface area contributed by atoms with Crippen LogP contribution in [-0.2, 0) is 13.1 Å². The molecule has 1 saturated carbocycles. The van der Waals surface area contributed by atoms with E-state index in [0.717, 1.165) is 19.1 Å². The van der Waals surface area contributed by atoms with Crippen molar-refractivity contribution in [2.24, 2.45) is 0 Å². The van der Waals surface area contributed by atoms with Crippen LogP contribution in [0.1, 0.15) is 30.4 Å². The van der Waals surface area contributed by atoms with Gasteiger partial charge in [0.1, 0.15) is 0 Å². The largest absolute Gasteiger partial charge is 0.310 e. The van der Waals surface area contributed by atoms with Gasteiger partial charge >= 0.3 is 0 Å². The maximum Gasteiger partial charge on any atom is 0.0230 e. The third-order valence-electron chi connectivity index (χ3n) is 3.29. The molecule has 0 aromatic heterocycles. The molecule has 0 amide bonds. The molecule has 0 spiro atoms. The molecule has 1 N–H and O–H groups in total. The lowest BCUT2D eigenvalue weighted by Gasteiger charge is -2.27. The van der Waals surface area contributed by atoms with E-state index in [9.17, 15) is 0 Å². The first kappa shape index (κ1) is 11.6. The monoisotopic (exact) mass is 218 g/mol. The second kappa shape index (κ2) is 5.46. The van der Waals surface area contributed by atoms with E-state index in [1.54, 1.807) is 0 Å². The zero-order valence-corrected chi connectivity index (χ0v) is 10.4. The Balaban J connectivity index is 1.94. The summed E-state index contributed by atoms with van der Waals surface area (Å²) in [5, 5.41) is 3.63. The summed E-state index contributed by atoms with van der Waals surface area (Å²) in [5.41, 5.74) is 2.89. The Kier molecular flexibility index (Phi) is 3.97. The predicted octanol–water partition coefficient (Wildman–Crippen LogP) is 2.39. The van der Waals surface area contributed by atoms with E-state index in [-0.39, 0.29) is 0 Å². The maximum absolute atomic E-state index is 3.63. The van der Waals surface area contributed by atoms with Crippen molar-refractivity contribution in [3.63, 3.8) is 0 Å². The Hall–Kier alpha value is -0.860. The SMILES string of the molecule is CN(C)Cc1ccccc1CNC1CCC1. The highest BCUT2D eigenvalue weighted by molar-refractivity contribution is 5.27. The first-order valence-corrected chi connectivity index (χ1v) is 6.20. The highest BCUT2D eigenvalue weighted by Gasteiger charge is 2.16. The van der Waals surface area contributed by atoms with Gasteiger partial charge in [0.05, 0.1) is 0 Å². The maximum atomic E-state index is 3.63. The van der Waals surface area contributed by atoms with E-state index in [1.807, 2.05) is 0 Å². The lowest BCUT2D eigenvalue weighted by molar-refractivity contribution is 0.336. The second-order valence-corrected chi connectivity index (χ2v) is 5.02. The highest BCUT2D eigenvalue weighted by Crippen LogP contribution is 2.19. The second-order valence-electron chi connectivity index (χ2n) is 5.02. The number of hydrogen-bond acceptors (Lipinski definition) is 2. The average molecular weight is 218 g/mol. The van der Waals surface area contributed by atoms with E-state index in [0.29, 0.717) is 0 Å². The van der Waals surface area contributed by atoms with E-state index >= 15 is 0 Å². The molecule has 88 valence electrons. The number of nitrogens with one attached hydrogen (secondary N) is 1. The molecule has 1 aliphatic rings. The molecule has 2 nitrogen and oxygen atoms in total. The van der Waals surface area contributed by atoms with E-state index in [2.05, 4.69) is 48.6 Å². The van der Waals surface area contributed by atoms with Gasteiger partial charge in [-0.3, -0.25) is 0 Å². The van der Waals surface area contributed by atoms with Crippen molar-refractivity contribution < 1.29 is 0 Å². The quantitative estimate of drug-likeness (QED) is 0.816. The summed E-state index contributed by atoms with van der Waals surface area (Å²) >= 11 is 0. The molecule has 1 aromatic rings. The van der Waals surface area contributed by atoms with Crippen LogP contribution in [0, 0.1) is 0 Å². The summed E-state index contributed by atoms with van der Waals surface area (Å²) in [6, 6.07) is 9.51. The van der Waals surface area contributed by atoms with Crippen LogP contribution in [0.4, 0.5) is 0 Å². The molecule has 0 unspecified atom stereocenters. The summed E-state index contributed by atoms with van der Waals surface area (Å²) in [6.45, 7) is 2.05. The Morgan fingerprint density at radius 3 is 2.44 bits per heavy atom. The minimum atomic E-state index is 0.771. The van der Waals surface area contributed by atoms with Gasteiger partial charge in [-0.1, -0.05) is 30.7 Å². The van der Waals surface area contributed by atoms with E-state index < -0.39 is 0 Å². The van der Waals surface area contributed by atoms with Gasteiger partial charge in [-0.25, -0.2) is 0 Å². The molecule has 0 bridgehead atoms. The topological polar surface area (TPSA) is 15.3 Å². The Morgan fingerprint density at radius 1 is 1.19 bits per heavy atom. The number of hydrogen-bond donors (Lipinski definition) is 1. The van der Waals surface area contributed by atoms with E-state index in [1.165, 1.54) is 30.4 Å². The van der Waals surface area contributed by atoms with Crippen LogP contribution in [0.2, 0.25) is 0 Å². The molecule has 1 fully saturated rings. The Labute approximate surface area is 98.7 Å². The van der Waals surface area contributed by atoms with Crippen molar-refractivity contribution in [3.05, 3.63) is 35.4 Å². The molecule has 1 aromatic carbocycles. The average Bonchev–Trinajstić information content (AvgIpc) is 2.17. The fraction of sp³-hybridized carbons (Fsp3) is 0.571. The first-order valence-electron chi connectivity index (χ1n) is 6.20. The minimum Gasteiger partial charge on any atom is -0.310 e. The lowest BCUT2D eigenvalue weighted by atomic mass is 9.93. The van der Waals surface area contributed by atoms with Gasteiger partial charge in [-0.2, -0.15) is 0 Å². The van der Waals surface area contributed by atoms with Gasteiger partial charge < -0.3 is 10.2 Å². The van der Waals surface area contributed by atoms with Gasteiger partial charge in [0, 0.05) is 19.1 Å². The van der Waals surface area contributed by atoms with Crippen molar-refractivity contribution in [3.8, 4) is 0 Å². The van der Waals surface area contributed by atoms with Gasteiger partial charge in [0.15, 0.2) is 0 Å². The van der Waals surface area contributed by atoms with Gasteiger partial charge in [0.25, 0.3) is 0 Å². The zero-order chi connectivity index (χ0) is 11.4. The van der Waals surface area contributed by atoms with E-state index in [4.69, 9.17) is 0 Å². The standard InChI is InChI=1S/C14H22N2/c1-16(2)11-13-7-4-3-6-12(13)10-15-14-8-5-9-14/h3-4,6-7,14-15H,5,8-11H2,1-2H3. The molecular formula is C14H22N2. The van der Waals surface area contributed by atoms with Crippen LogP contribution in [0.3, 0.4) is 0 Å². The van der Waals surface area contributed by atoms with Crippen molar-refractivity contribution >= 4 is 0 Å². The predicted molar refractivity (Wildman–Crippen MR) is 68.3 cm³/mol. The van der Waals surface area contributed by atoms with Crippen molar-refractivity contribution in [1.82, 2.24) is 10.2 Å². The molecule has 2 rings (SSSR count). The summed E-state index contributed by atoms with van der Waals surface area (Å²) in [5.74, 6) is 0. The molecular weight excluding hydrogens is 196 g/mol. The van der Waals surface area contributed by atoms with Gasteiger partial charge in [-0.15, -0.1) is 0 Å². The highest BCUT2D eigenvalue weighted by atomic mass is 15.0. The molecule has 16 heavy (non-hydrogen) atoms. The van der Waals surface area contributed by atoms with Crippen LogP contribution in [0.5, 0.6) is 0 Å². The molecule has 0 heterocycles. The first-order chi connectivity index (χ1) is 7.75. The van der Waals surface area contributed by atoms with Crippen molar-refractivity contribution in [2.75, 3.05) is 14.1 Å². The van der Waals surface area contributed by atoms with Gasteiger partial charge in [-0.05, 0) is 38.1 Å². The van der Waals surface area contributed by atoms with Crippen LogP contribution in [0.25, 0.3) is 0 Å². The lowest BCUT2D eigenvalue weighted by Crippen LogP contribution is -2.34. The van der Waals surface area contributed by atoms with Crippen LogP contribution in [-0.4, -0.2) is 25.0 Å². The van der Waals surface area contributed by atoms with Crippen molar-refractivity contribution in [2.45, 2.75) is 38.4 Å². The summed E-state index contributed by atoms with van der Waals surface area (Å²) in [4.78, 5) is 2.22. The number of benzene rings is 1. The molecule has 0 radical (unpaired) electrons. The molecule has 0 atom stereocenters. The van der Waals surface area contributed by atoms with Crippen LogP contribution < -0.4 is 5.32 Å². The van der Waals surface area contributed by atoms with Crippen LogP contribution >= 0.6 is 0 Å². The van der Waals surface area contributed by atoms with Gasteiger partial charge in [0.2, 0.25) is 0 Å². The molecule has 0 aliphatic heterocycles. The zero-order valence-electron chi connectivity index (χ0n) is 10.4. The Morgan fingerprint density at radius 2 is 1.88 bits per heavy atom. The van der Waals surface area contributed by atoms with Crippen molar-refractivity contribution in [1.29, 1.82) is 0 Å². The summed E-state index contributed by atoms with van der Waals surface area (Å²) in [6.07, 6.45) is 4.11. The molecule has 2 heteroatoms. The number of rotatable bonds is 5. The van der Waals surface area contributed by atoms with Crippen LogP contribution in [0.15, 0.2) is 24.3 Å². The summed E-state index contributed by atoms with van der Waals surface area (Å²) in [7, 11) is 4.24. The molecule has 0 saturated heterocycles. The third-order valence-corrected chi connectivity index (χ3v) is 3.29. The summed E-state index contributed by atoms with van der Waals surface area (Å²) < 4.78 is 0. The smallest absolute Gasteiger partial charge is 0.0230 e. The third kappa shape index (κ3) is 3.06. The molecule has 1 aliphatic carbocycles. The minimum absolute atomic E-state index is 0.771. The normalized spacial score (nSPS) is 16.4. The number of nitrogens with zero attached hydrogens (tertiary/aromatic N) is 1. The Bertz CT molecular complexity index is 329.